The molecule has 0 saturated carbocycles. The van der Waals surface area contributed by atoms with Crippen LogP contribution in [0.25, 0.3) is 0 Å². The zero-order chi connectivity index (χ0) is 19.1. The summed E-state index contributed by atoms with van der Waals surface area (Å²) < 4.78 is 0. The lowest BCUT2D eigenvalue weighted by Crippen LogP contribution is -2.48. The third-order valence-electron chi connectivity index (χ3n) is 5.65. The topological polar surface area (TPSA) is 18.8 Å². The average molecular weight is 350 g/mol. The van der Waals surface area contributed by atoms with Gasteiger partial charge in [-0.25, -0.2) is 5.01 Å². The van der Waals surface area contributed by atoms with Gasteiger partial charge in [0, 0.05) is 12.6 Å². The first-order chi connectivity index (χ1) is 12.3. The van der Waals surface area contributed by atoms with Gasteiger partial charge >= 0.3 is 0 Å². The van der Waals surface area contributed by atoms with Crippen LogP contribution in [0.4, 0.5) is 5.69 Å². The number of benzene rings is 2. The minimum Gasteiger partial charge on any atom is -0.336 e. The molecule has 3 rings (SSSR count). The standard InChI is InChI=1S/C23H31N3/c1-16(2)19-12-10-13-20(17(3)4)22(19)26-23(6,25(7)15-24-26)21-14-9-8-11-18(21)5/h8-17H,1-7H3. The van der Waals surface area contributed by atoms with Crippen molar-refractivity contribution >= 4 is 12.0 Å². The first-order valence-corrected chi connectivity index (χ1v) is 9.54. The molecule has 1 atom stereocenters. The Balaban J connectivity index is 2.26. The van der Waals surface area contributed by atoms with E-state index in [2.05, 4.69) is 101 Å². The molecule has 0 aliphatic carbocycles. The molecule has 1 heterocycles. The van der Waals surface area contributed by atoms with E-state index in [9.17, 15) is 0 Å². The van der Waals surface area contributed by atoms with Gasteiger partial charge in [-0.15, -0.1) is 0 Å². The lowest BCUT2D eigenvalue weighted by molar-refractivity contribution is 0.253. The number of rotatable bonds is 4. The van der Waals surface area contributed by atoms with Gasteiger partial charge in [0.15, 0.2) is 5.66 Å². The van der Waals surface area contributed by atoms with Gasteiger partial charge in [-0.1, -0.05) is 70.2 Å². The molecule has 0 N–H and O–H groups in total. The molecule has 0 saturated heterocycles. The van der Waals surface area contributed by atoms with E-state index in [0.29, 0.717) is 11.8 Å². The number of para-hydroxylation sites is 1. The van der Waals surface area contributed by atoms with Crippen LogP contribution < -0.4 is 5.01 Å². The van der Waals surface area contributed by atoms with E-state index in [1.165, 1.54) is 27.9 Å². The first kappa shape index (κ1) is 18.5. The van der Waals surface area contributed by atoms with Crippen LogP contribution in [0.3, 0.4) is 0 Å². The minimum atomic E-state index is -0.347. The summed E-state index contributed by atoms with van der Waals surface area (Å²) in [6.07, 6.45) is 1.95. The van der Waals surface area contributed by atoms with Crippen LogP contribution in [-0.4, -0.2) is 18.3 Å². The zero-order valence-electron chi connectivity index (χ0n) is 17.1. The van der Waals surface area contributed by atoms with Gasteiger partial charge in [-0.05, 0) is 42.4 Å². The summed E-state index contributed by atoms with van der Waals surface area (Å²) in [6, 6.07) is 15.3. The Hall–Kier alpha value is -2.29. The van der Waals surface area contributed by atoms with Crippen molar-refractivity contribution in [2.24, 2.45) is 5.10 Å². The zero-order valence-corrected chi connectivity index (χ0v) is 17.1. The highest BCUT2D eigenvalue weighted by molar-refractivity contribution is 5.72. The average Bonchev–Trinajstić information content (AvgIpc) is 2.90. The lowest BCUT2D eigenvalue weighted by atomic mass is 9.89. The van der Waals surface area contributed by atoms with Gasteiger partial charge in [-0.2, -0.15) is 5.10 Å². The number of hydrogen-bond acceptors (Lipinski definition) is 3. The number of aryl methyl sites for hydroxylation is 1. The molecule has 1 unspecified atom stereocenters. The molecule has 0 aromatic heterocycles. The van der Waals surface area contributed by atoms with Gasteiger partial charge in [-0.3, -0.25) is 0 Å². The fourth-order valence-electron chi connectivity index (χ4n) is 3.94. The van der Waals surface area contributed by atoms with Crippen LogP contribution in [0.1, 0.15) is 68.7 Å². The van der Waals surface area contributed by atoms with Crippen molar-refractivity contribution in [1.82, 2.24) is 4.90 Å². The monoisotopic (exact) mass is 349 g/mol. The Morgan fingerprint density at radius 1 is 0.885 bits per heavy atom. The van der Waals surface area contributed by atoms with Crippen LogP contribution in [0.5, 0.6) is 0 Å². The molecule has 1 aliphatic rings. The highest BCUT2D eigenvalue weighted by Gasteiger charge is 2.44. The van der Waals surface area contributed by atoms with Crippen LogP contribution in [0.15, 0.2) is 47.6 Å². The maximum absolute atomic E-state index is 4.88. The van der Waals surface area contributed by atoms with Crippen LogP contribution >= 0.6 is 0 Å². The highest BCUT2D eigenvalue weighted by Crippen LogP contribution is 2.45. The second-order valence-electron chi connectivity index (χ2n) is 8.08. The summed E-state index contributed by atoms with van der Waals surface area (Å²) in [4.78, 5) is 2.22. The highest BCUT2D eigenvalue weighted by atomic mass is 15.6. The van der Waals surface area contributed by atoms with Crippen molar-refractivity contribution in [2.45, 2.75) is 59.0 Å². The van der Waals surface area contributed by atoms with Gasteiger partial charge in [0.2, 0.25) is 0 Å². The van der Waals surface area contributed by atoms with E-state index >= 15 is 0 Å². The molecule has 3 heteroatoms. The van der Waals surface area contributed by atoms with Gasteiger partial charge in [0.25, 0.3) is 0 Å². The molecule has 0 spiro atoms. The van der Waals surface area contributed by atoms with Crippen molar-refractivity contribution in [2.75, 3.05) is 12.1 Å². The molecule has 2 aromatic rings. The molecule has 0 bridgehead atoms. The van der Waals surface area contributed by atoms with Crippen LogP contribution in [0, 0.1) is 6.92 Å². The van der Waals surface area contributed by atoms with Crippen molar-refractivity contribution in [1.29, 1.82) is 0 Å². The summed E-state index contributed by atoms with van der Waals surface area (Å²) in [7, 11) is 2.11. The van der Waals surface area contributed by atoms with Crippen molar-refractivity contribution in [3.63, 3.8) is 0 Å². The molecule has 0 amide bonds. The predicted molar refractivity (Wildman–Crippen MR) is 112 cm³/mol. The maximum Gasteiger partial charge on any atom is 0.158 e. The molecular formula is C23H31N3. The second-order valence-corrected chi connectivity index (χ2v) is 8.08. The molecule has 3 nitrogen and oxygen atoms in total. The summed E-state index contributed by atoms with van der Waals surface area (Å²) in [6.45, 7) is 13.5. The fraction of sp³-hybridized carbons (Fsp3) is 0.435. The van der Waals surface area contributed by atoms with E-state index in [1.807, 2.05) is 6.34 Å². The van der Waals surface area contributed by atoms with E-state index in [4.69, 9.17) is 5.10 Å². The van der Waals surface area contributed by atoms with Crippen LogP contribution in [-0.2, 0) is 5.66 Å². The summed E-state index contributed by atoms with van der Waals surface area (Å²) >= 11 is 0. The van der Waals surface area contributed by atoms with E-state index in [-0.39, 0.29) is 5.66 Å². The molecular weight excluding hydrogens is 318 g/mol. The third kappa shape index (κ3) is 2.80. The predicted octanol–water partition coefficient (Wildman–Crippen LogP) is 5.81. The van der Waals surface area contributed by atoms with Crippen LogP contribution in [0.2, 0.25) is 0 Å². The molecule has 2 aromatic carbocycles. The Bertz CT molecular complexity index is 796. The molecule has 138 valence electrons. The van der Waals surface area contributed by atoms with Crippen molar-refractivity contribution < 1.29 is 0 Å². The lowest BCUT2D eigenvalue weighted by Gasteiger charge is -2.42. The van der Waals surface area contributed by atoms with E-state index < -0.39 is 0 Å². The van der Waals surface area contributed by atoms with Gasteiger partial charge < -0.3 is 4.90 Å². The minimum absolute atomic E-state index is 0.347. The largest absolute Gasteiger partial charge is 0.336 e. The summed E-state index contributed by atoms with van der Waals surface area (Å²) in [5.41, 5.74) is 6.18. The Morgan fingerprint density at radius 3 is 2.00 bits per heavy atom. The Labute approximate surface area is 158 Å². The quantitative estimate of drug-likeness (QED) is 0.693. The van der Waals surface area contributed by atoms with Crippen molar-refractivity contribution in [3.05, 3.63) is 64.7 Å². The fourth-order valence-corrected chi connectivity index (χ4v) is 3.94. The summed E-state index contributed by atoms with van der Waals surface area (Å²) in [5, 5.41) is 7.11. The molecule has 0 radical (unpaired) electrons. The van der Waals surface area contributed by atoms with E-state index in [1.54, 1.807) is 0 Å². The van der Waals surface area contributed by atoms with Gasteiger partial charge in [0.05, 0.1) is 5.69 Å². The normalized spacial score (nSPS) is 19.9. The maximum atomic E-state index is 4.88. The van der Waals surface area contributed by atoms with E-state index in [0.717, 1.165) is 0 Å². The second kappa shape index (κ2) is 6.79. The first-order valence-electron chi connectivity index (χ1n) is 9.54. The number of hydrazone groups is 1. The summed E-state index contributed by atoms with van der Waals surface area (Å²) in [5.74, 6) is 0.872. The molecule has 0 fully saturated rings. The smallest absolute Gasteiger partial charge is 0.158 e. The van der Waals surface area contributed by atoms with Gasteiger partial charge in [0.1, 0.15) is 6.34 Å². The molecule has 1 aliphatic heterocycles. The molecule has 26 heavy (non-hydrogen) atoms. The Morgan fingerprint density at radius 2 is 1.46 bits per heavy atom. The van der Waals surface area contributed by atoms with Crippen molar-refractivity contribution in [3.8, 4) is 0 Å². The SMILES string of the molecule is Cc1ccccc1C1(C)N(C)C=NN1c1c(C(C)C)cccc1C(C)C. The number of nitrogens with zero attached hydrogens (tertiary/aromatic N) is 3. The Kier molecular flexibility index (Phi) is 4.83. The number of hydrogen-bond donors (Lipinski definition) is 0. The number of anilines is 1. The third-order valence-corrected chi connectivity index (χ3v) is 5.65.